The minimum Gasteiger partial charge on any atom is -0.496 e. The Labute approximate surface area is 846 Å². The largest absolute Gasteiger partial charge is 0.496 e. The lowest BCUT2D eigenvalue weighted by molar-refractivity contribution is 0.416. The molecule has 0 amide bonds. The maximum Gasteiger partial charge on any atom is 0.273 e. The van der Waals surface area contributed by atoms with Gasteiger partial charge in [0.25, 0.3) is 77.9 Å². The number of aromatic nitrogens is 5. The van der Waals surface area contributed by atoms with Crippen molar-refractivity contribution in [2.45, 2.75) is 67.7 Å². The Morgan fingerprint density at radius 1 is 0.320 bits per heavy atom. The first-order chi connectivity index (χ1) is 69.5. The summed E-state index contributed by atoms with van der Waals surface area (Å²) in [6.45, 7) is 29.1. The fourth-order valence-corrected chi connectivity index (χ4v) is 17.2. The molecule has 9 N–H and O–H groups in total. The zero-order valence-electron chi connectivity index (χ0n) is 81.3. The molecule has 147 heavy (non-hydrogen) atoms. The Balaban J connectivity index is 0.000000175. The van der Waals surface area contributed by atoms with E-state index in [1.54, 1.807) is 163 Å². The maximum atomic E-state index is 14.4. The van der Waals surface area contributed by atoms with Crippen LogP contribution in [0.25, 0.3) is 66.4 Å². The van der Waals surface area contributed by atoms with Gasteiger partial charge in [-0.2, -0.15) is 0 Å². The Morgan fingerprint density at radius 3 is 0.905 bits per heavy atom. The van der Waals surface area contributed by atoms with Gasteiger partial charge in [0.1, 0.15) is 28.7 Å². The van der Waals surface area contributed by atoms with Crippen LogP contribution in [0.4, 0.5) is 51.7 Å². The Kier molecular flexibility index (Phi) is 35.8. The standard InChI is InChI=1S/C24H19FN2O4S.C23H23FN2O4S.C22H21FN2O4S.C21H20FN3O4S.C17H20N2O4S/c1-3-32(29,30)27-16-9-11-22(31-23-10-8-15(2)12-21(23)25)19(13-16)20-14-26-24(28)18-7-5-4-6-17(18)20;1-5-16-12-17(14-26(4)23(16)27)19-13-18(25-31(28,29)6-2)8-10-21(19)30-22-9-7-15(3)11-20(22)24;1-4-15-11-16(13-24-22(15)26)18-12-17(25-30(27,28)5-2)7-9-20(18)29-21-8-6-14(3)10-19(21)23;1-4-30(27,28)24-15-6-8-19(29-20-7-5-13(2)9-17(20)22)16(11-15)14-10-18(23)21(26)25(3)12-14;1-5-12-9-13(11-19(3)17(12)20)15-10-14(7-8-16(15)23-4)18-24(21,22)6-2/h3-14,27H,1H2,2H3,(H,26,28);6-14,25H,2,5H2,1,3-4H3;5-13,25H,2,4H2,1,3H3,(H,24,26);4-12,24H,1,23H2,2-3H3;6-11,18H,2,5H2,1,3-4H3. The monoisotopic (exact) mass is 2100 g/mol. The number of fused-ring (bicyclic) bond motifs is 1. The average molecular weight is 2100 g/mol. The van der Waals surface area contributed by atoms with Crippen molar-refractivity contribution in [3.63, 3.8) is 0 Å². The molecule has 0 atom stereocenters. The minimum atomic E-state index is -3.75. The number of nitrogens with two attached hydrogens (primary N) is 1. The lowest BCUT2D eigenvalue weighted by atomic mass is 9.99. The number of hydrogen-bond acceptors (Lipinski definition) is 21. The van der Waals surface area contributed by atoms with Crippen molar-refractivity contribution < 1.29 is 83.3 Å². The molecule has 0 aliphatic carbocycles. The molecular formula is C107H103F4N11O20S5. The van der Waals surface area contributed by atoms with Gasteiger partial charge in [-0.1, -0.05) is 96.1 Å². The predicted octanol–water partition coefficient (Wildman–Crippen LogP) is 21.1. The molecule has 31 nitrogen and oxygen atoms in total. The van der Waals surface area contributed by atoms with E-state index < -0.39 is 73.4 Å². The molecule has 0 radical (unpaired) electrons. The zero-order chi connectivity index (χ0) is 107. The highest BCUT2D eigenvalue weighted by molar-refractivity contribution is 7.96. The molecule has 764 valence electrons. The number of rotatable bonds is 32. The molecule has 0 aliphatic rings. The predicted molar refractivity (Wildman–Crippen MR) is 572 cm³/mol. The second-order valence-corrected chi connectivity index (χ2v) is 40.9. The number of ether oxygens (including phenoxy) is 5. The summed E-state index contributed by atoms with van der Waals surface area (Å²) < 4.78 is 221. The molecule has 5 aromatic heterocycles. The normalized spacial score (nSPS) is 11.2. The van der Waals surface area contributed by atoms with Gasteiger partial charge in [-0.25, -0.2) is 59.7 Å². The molecule has 0 aliphatic heterocycles. The summed E-state index contributed by atoms with van der Waals surface area (Å²) in [5.41, 5.74) is 16.6. The van der Waals surface area contributed by atoms with Crippen LogP contribution in [0.1, 0.15) is 59.7 Å². The minimum absolute atomic E-state index is 0.000424. The number of halogens is 4. The number of hydrogen-bond donors (Lipinski definition) is 8. The van der Waals surface area contributed by atoms with Crippen LogP contribution in [0.5, 0.6) is 51.7 Å². The van der Waals surface area contributed by atoms with Gasteiger partial charge >= 0.3 is 0 Å². The Bertz CT molecular complexity index is 8590. The molecule has 15 aromatic rings. The van der Waals surface area contributed by atoms with Crippen molar-refractivity contribution in [1.29, 1.82) is 0 Å². The van der Waals surface area contributed by atoms with Crippen LogP contribution in [0.3, 0.4) is 0 Å². The molecule has 10 aromatic carbocycles. The summed E-state index contributed by atoms with van der Waals surface area (Å²) in [6.07, 6.45) is 9.50. The van der Waals surface area contributed by atoms with Gasteiger partial charge in [0.2, 0.25) is 0 Å². The van der Waals surface area contributed by atoms with Gasteiger partial charge < -0.3 is 53.1 Å². The van der Waals surface area contributed by atoms with E-state index in [-0.39, 0.29) is 90.7 Å². The van der Waals surface area contributed by atoms with E-state index in [1.807, 2.05) is 20.8 Å². The summed E-state index contributed by atoms with van der Waals surface area (Å²) in [5, 5.41) is 5.12. The van der Waals surface area contributed by atoms with Gasteiger partial charge in [0.05, 0.1) is 12.8 Å². The van der Waals surface area contributed by atoms with Crippen LogP contribution in [0.2, 0.25) is 0 Å². The number of nitrogens with zero attached hydrogens (tertiary/aromatic N) is 3. The van der Waals surface area contributed by atoms with Gasteiger partial charge in [0, 0.05) is 185 Å². The van der Waals surface area contributed by atoms with Crippen molar-refractivity contribution in [3.05, 3.63) is 417 Å². The number of aromatic amines is 2. The first kappa shape index (κ1) is 111. The van der Waals surface area contributed by atoms with Crippen molar-refractivity contribution in [2.24, 2.45) is 21.1 Å². The number of nitrogens with one attached hydrogen (secondary N) is 7. The SMILES string of the molecule is C=CS(=O)(=O)Nc1ccc(OC)c(-c2cc(CC)c(=O)n(C)c2)c1.C=CS(=O)(=O)Nc1ccc(Oc2ccc(C)cc2F)c(-c2c[nH]c(=O)c(CC)c2)c1.C=CS(=O)(=O)Nc1ccc(Oc2ccc(C)cc2F)c(-c2c[nH]c(=O)c3ccccc23)c1.C=CS(=O)(=O)Nc1ccc(Oc2ccc(C)cc2F)c(-c2cc(CC)c(=O)n(C)c2)c1.C=CS(=O)(=O)Nc1ccc(Oc2ccc(C)cc2F)c(-c2cc(N)c(=O)n(C)c2)c1. The smallest absolute Gasteiger partial charge is 0.273 e. The van der Waals surface area contributed by atoms with E-state index >= 15 is 0 Å². The fraction of sp³-hybridized carbons (Fsp3) is 0.131. The zero-order valence-corrected chi connectivity index (χ0v) is 85.4. The van der Waals surface area contributed by atoms with Crippen LogP contribution in [0, 0.1) is 51.0 Å². The van der Waals surface area contributed by atoms with E-state index in [1.165, 1.54) is 150 Å². The van der Waals surface area contributed by atoms with Crippen LogP contribution >= 0.6 is 0 Å². The quantitative estimate of drug-likeness (QED) is 0.0182. The van der Waals surface area contributed by atoms with Gasteiger partial charge in [-0.05, 0) is 244 Å². The summed E-state index contributed by atoms with van der Waals surface area (Å²) >= 11 is 0. The number of nitrogen functional groups attached to an aromatic ring is 1. The number of pyridine rings is 5. The van der Waals surface area contributed by atoms with Crippen molar-refractivity contribution in [2.75, 3.05) is 36.5 Å². The molecule has 0 saturated carbocycles. The van der Waals surface area contributed by atoms with E-state index in [2.05, 4.69) is 66.5 Å². The van der Waals surface area contributed by atoms with Gasteiger partial charge in [-0.15, -0.1) is 0 Å². The second kappa shape index (κ2) is 47.6. The Morgan fingerprint density at radius 2 is 0.592 bits per heavy atom. The highest BCUT2D eigenvalue weighted by atomic mass is 32.2. The first-order valence-corrected chi connectivity index (χ1v) is 52.2. The fourth-order valence-electron chi connectivity index (χ4n) is 14.5. The molecule has 0 saturated heterocycles. The Hall–Kier alpha value is -16.8. The lowest BCUT2D eigenvalue weighted by Gasteiger charge is -2.16. The summed E-state index contributed by atoms with van der Waals surface area (Å²) in [7, 11) is -12.1. The molecule has 5 heterocycles. The molecule has 15 rings (SSSR count). The second-order valence-electron chi connectivity index (χ2n) is 32.8. The lowest BCUT2D eigenvalue weighted by Crippen LogP contribution is -2.20. The van der Waals surface area contributed by atoms with E-state index in [0.717, 1.165) is 54.9 Å². The molecular weight excluding hydrogens is 2000 g/mol. The number of H-pyrrole nitrogens is 2. The van der Waals surface area contributed by atoms with Gasteiger partial charge in [0.15, 0.2) is 46.3 Å². The number of benzene rings is 10. The van der Waals surface area contributed by atoms with E-state index in [4.69, 9.17) is 29.4 Å². The van der Waals surface area contributed by atoms with Crippen LogP contribution in [-0.4, -0.2) is 72.9 Å². The maximum absolute atomic E-state index is 14.4. The number of methoxy groups -OCH3 is 1. The first-order valence-electron chi connectivity index (χ1n) is 44.5. The highest BCUT2D eigenvalue weighted by Gasteiger charge is 2.24. The summed E-state index contributed by atoms with van der Waals surface area (Å²) in [5.74, 6) is -0.307. The summed E-state index contributed by atoms with van der Waals surface area (Å²) in [4.78, 5) is 65.9. The van der Waals surface area contributed by atoms with Crippen LogP contribution in [-0.2, 0) is 90.5 Å². The molecule has 0 unspecified atom stereocenters. The number of anilines is 6. The number of sulfonamides is 5. The highest BCUT2D eigenvalue weighted by Crippen LogP contribution is 2.44. The molecule has 0 fully saturated rings. The van der Waals surface area contributed by atoms with Crippen LogP contribution < -0.4 is 80.8 Å². The van der Waals surface area contributed by atoms with Crippen molar-refractivity contribution >= 4 is 95.0 Å². The van der Waals surface area contributed by atoms with Gasteiger partial charge in [-0.3, -0.25) is 47.6 Å². The van der Waals surface area contributed by atoms with Crippen molar-refractivity contribution in [1.82, 2.24) is 23.7 Å². The van der Waals surface area contributed by atoms with Crippen LogP contribution in [0.15, 0.2) is 327 Å². The third kappa shape index (κ3) is 28.8. The van der Waals surface area contributed by atoms with Crippen molar-refractivity contribution in [3.8, 4) is 107 Å². The molecule has 40 heteroatoms. The average Bonchev–Trinajstić information content (AvgIpc) is 0.777. The number of aryl methyl sites for hydroxylation is 10. The molecule has 0 bridgehead atoms. The third-order valence-electron chi connectivity index (χ3n) is 21.9. The topological polar surface area (TPSA) is 435 Å². The third-order valence-corrected chi connectivity index (χ3v) is 26.7. The van der Waals surface area contributed by atoms with E-state index in [0.29, 0.717) is 120 Å². The summed E-state index contributed by atoms with van der Waals surface area (Å²) in [6, 6.07) is 55.2. The van der Waals surface area contributed by atoms with E-state index in [9.17, 15) is 83.6 Å². The molecule has 0 spiro atoms.